The van der Waals surface area contributed by atoms with Crippen molar-refractivity contribution in [3.8, 4) is 0 Å². The molecule has 1 saturated heterocycles. The summed E-state index contributed by atoms with van der Waals surface area (Å²) < 4.78 is 0. The van der Waals surface area contributed by atoms with Gasteiger partial charge in [-0.05, 0) is 12.1 Å². The highest BCUT2D eigenvalue weighted by Crippen LogP contribution is 2.24. The Kier molecular flexibility index (Phi) is 2.77. The molecule has 2 rings (SSSR count). The normalized spacial score (nSPS) is 22.5. The number of carbonyl (C=O) groups is 1. The van der Waals surface area contributed by atoms with E-state index in [9.17, 15) is 4.79 Å². The molecule has 1 aliphatic rings. The molecule has 0 radical (unpaired) electrons. The van der Waals surface area contributed by atoms with E-state index in [2.05, 4.69) is 6.92 Å². The number of rotatable bonds is 1. The predicted octanol–water partition coefficient (Wildman–Crippen LogP) is 2.15. The molecule has 0 saturated carbocycles. The maximum atomic E-state index is 11.6. The van der Waals surface area contributed by atoms with Gasteiger partial charge in [0, 0.05) is 17.5 Å². The fourth-order valence-electron chi connectivity index (χ4n) is 1.56. The number of para-hydroxylation sites is 1. The molecule has 1 atom stereocenters. The Morgan fingerprint density at radius 2 is 2.07 bits per heavy atom. The van der Waals surface area contributed by atoms with Gasteiger partial charge in [-0.1, -0.05) is 25.1 Å². The molecule has 0 spiro atoms. The first-order valence-corrected chi connectivity index (χ1v) is 5.79. The van der Waals surface area contributed by atoms with Gasteiger partial charge in [0.05, 0.1) is 5.75 Å². The Hall–Kier alpha value is -0.960. The Labute approximate surface area is 88.3 Å². The van der Waals surface area contributed by atoms with Crippen molar-refractivity contribution in [3.05, 3.63) is 30.3 Å². The van der Waals surface area contributed by atoms with Crippen molar-refractivity contribution in [2.45, 2.75) is 12.2 Å². The first-order chi connectivity index (χ1) is 6.77. The number of benzene rings is 1. The van der Waals surface area contributed by atoms with E-state index >= 15 is 0 Å². The van der Waals surface area contributed by atoms with Crippen LogP contribution < -0.4 is 4.90 Å². The van der Waals surface area contributed by atoms with Crippen LogP contribution in [0.4, 0.5) is 5.69 Å². The van der Waals surface area contributed by atoms with Gasteiger partial charge in [0.15, 0.2) is 0 Å². The van der Waals surface area contributed by atoms with E-state index in [1.165, 1.54) is 0 Å². The summed E-state index contributed by atoms with van der Waals surface area (Å²) in [6.07, 6.45) is 0. The number of anilines is 1. The van der Waals surface area contributed by atoms with Gasteiger partial charge in [-0.15, -0.1) is 11.8 Å². The monoisotopic (exact) mass is 207 g/mol. The Balaban J connectivity index is 2.20. The van der Waals surface area contributed by atoms with Crippen LogP contribution in [0.5, 0.6) is 0 Å². The molecule has 1 aromatic rings. The lowest BCUT2D eigenvalue weighted by Crippen LogP contribution is -2.41. The molecular weight excluding hydrogens is 194 g/mol. The van der Waals surface area contributed by atoms with Crippen LogP contribution in [0.3, 0.4) is 0 Å². The van der Waals surface area contributed by atoms with Crippen LogP contribution in [0.15, 0.2) is 30.3 Å². The summed E-state index contributed by atoms with van der Waals surface area (Å²) in [5, 5.41) is 0.535. The van der Waals surface area contributed by atoms with Gasteiger partial charge in [-0.3, -0.25) is 4.79 Å². The number of nitrogens with zero attached hydrogens (tertiary/aromatic N) is 1. The average molecular weight is 207 g/mol. The third-order valence-corrected chi connectivity index (χ3v) is 3.43. The van der Waals surface area contributed by atoms with Crippen molar-refractivity contribution in [3.63, 3.8) is 0 Å². The Morgan fingerprint density at radius 1 is 1.36 bits per heavy atom. The van der Waals surface area contributed by atoms with E-state index in [1.54, 1.807) is 11.8 Å². The molecule has 2 nitrogen and oxygen atoms in total. The molecule has 1 amide bonds. The molecule has 0 aliphatic carbocycles. The summed E-state index contributed by atoms with van der Waals surface area (Å²) in [5.74, 6) is 0.829. The summed E-state index contributed by atoms with van der Waals surface area (Å²) in [6, 6.07) is 9.88. The van der Waals surface area contributed by atoms with Crippen molar-refractivity contribution in [2.24, 2.45) is 0 Å². The average Bonchev–Trinajstić information content (AvgIpc) is 2.23. The van der Waals surface area contributed by atoms with Gasteiger partial charge in [0.1, 0.15) is 0 Å². The first kappa shape index (κ1) is 9.59. The quantitative estimate of drug-likeness (QED) is 0.703. The van der Waals surface area contributed by atoms with Crippen molar-refractivity contribution in [1.29, 1.82) is 0 Å². The molecule has 3 heteroatoms. The summed E-state index contributed by atoms with van der Waals surface area (Å²) in [5.41, 5.74) is 1.02. The van der Waals surface area contributed by atoms with Crippen molar-refractivity contribution in [2.75, 3.05) is 17.2 Å². The third kappa shape index (κ3) is 1.93. The number of hydrogen-bond donors (Lipinski definition) is 0. The minimum atomic E-state index is 0.222. The molecule has 0 N–H and O–H groups in total. The van der Waals surface area contributed by atoms with Crippen molar-refractivity contribution in [1.82, 2.24) is 0 Å². The van der Waals surface area contributed by atoms with E-state index in [0.717, 1.165) is 12.2 Å². The Morgan fingerprint density at radius 3 is 2.79 bits per heavy atom. The zero-order chi connectivity index (χ0) is 9.97. The molecular formula is C11H13NOS. The molecule has 74 valence electrons. The first-order valence-electron chi connectivity index (χ1n) is 4.74. The lowest BCUT2D eigenvalue weighted by molar-refractivity contribution is -0.116. The predicted molar refractivity (Wildman–Crippen MR) is 60.7 cm³/mol. The van der Waals surface area contributed by atoms with Crippen molar-refractivity contribution >= 4 is 23.4 Å². The highest BCUT2D eigenvalue weighted by Gasteiger charge is 2.24. The number of carbonyl (C=O) groups excluding carboxylic acids is 1. The van der Waals surface area contributed by atoms with E-state index in [1.807, 2.05) is 35.2 Å². The number of amides is 1. The molecule has 1 heterocycles. The molecule has 0 aromatic heterocycles. The van der Waals surface area contributed by atoms with Crippen molar-refractivity contribution < 1.29 is 4.79 Å². The molecule has 0 unspecified atom stereocenters. The fourth-order valence-corrected chi connectivity index (χ4v) is 2.40. The standard InChI is InChI=1S/C11H13NOS/c1-9-7-12(11(13)8-14-9)10-5-3-2-4-6-10/h2-6,9H,7-8H2,1H3/t9-/m0/s1. The second-order valence-corrected chi connectivity index (χ2v) is 4.89. The van der Waals surface area contributed by atoms with Crippen LogP contribution in [-0.4, -0.2) is 23.5 Å². The lowest BCUT2D eigenvalue weighted by atomic mass is 10.2. The van der Waals surface area contributed by atoms with Gasteiger partial charge in [0.2, 0.25) is 5.91 Å². The minimum Gasteiger partial charge on any atom is -0.311 e. The van der Waals surface area contributed by atoms with E-state index in [4.69, 9.17) is 0 Å². The summed E-state index contributed by atoms with van der Waals surface area (Å²) >= 11 is 1.73. The van der Waals surface area contributed by atoms with E-state index in [-0.39, 0.29) is 5.91 Å². The largest absolute Gasteiger partial charge is 0.311 e. The molecule has 0 bridgehead atoms. The van der Waals surface area contributed by atoms with Crippen LogP contribution in [0.2, 0.25) is 0 Å². The van der Waals surface area contributed by atoms with Crippen LogP contribution >= 0.6 is 11.8 Å². The third-order valence-electron chi connectivity index (χ3n) is 2.30. The lowest BCUT2D eigenvalue weighted by Gasteiger charge is -2.30. The van der Waals surface area contributed by atoms with Gasteiger partial charge in [0.25, 0.3) is 0 Å². The molecule has 14 heavy (non-hydrogen) atoms. The molecule has 1 aliphatic heterocycles. The van der Waals surface area contributed by atoms with E-state index in [0.29, 0.717) is 11.0 Å². The van der Waals surface area contributed by atoms with Gasteiger partial charge in [-0.25, -0.2) is 0 Å². The smallest absolute Gasteiger partial charge is 0.237 e. The zero-order valence-electron chi connectivity index (χ0n) is 8.14. The minimum absolute atomic E-state index is 0.222. The van der Waals surface area contributed by atoms with Crippen LogP contribution in [0, 0.1) is 0 Å². The van der Waals surface area contributed by atoms with Crippen LogP contribution in [0.25, 0.3) is 0 Å². The van der Waals surface area contributed by atoms with Gasteiger partial charge in [-0.2, -0.15) is 0 Å². The number of hydrogen-bond acceptors (Lipinski definition) is 2. The second-order valence-electron chi connectivity index (χ2n) is 3.46. The SMILES string of the molecule is C[C@H]1CN(c2ccccc2)C(=O)CS1. The fraction of sp³-hybridized carbons (Fsp3) is 0.364. The summed E-state index contributed by atoms with van der Waals surface area (Å²) in [7, 11) is 0. The topological polar surface area (TPSA) is 20.3 Å². The van der Waals surface area contributed by atoms with Gasteiger partial charge < -0.3 is 4.90 Å². The summed E-state index contributed by atoms with van der Waals surface area (Å²) in [4.78, 5) is 13.5. The van der Waals surface area contributed by atoms with Gasteiger partial charge >= 0.3 is 0 Å². The molecule has 1 fully saturated rings. The maximum Gasteiger partial charge on any atom is 0.237 e. The second kappa shape index (κ2) is 4.05. The van der Waals surface area contributed by atoms with E-state index < -0.39 is 0 Å². The highest BCUT2D eigenvalue weighted by atomic mass is 32.2. The number of thioether (sulfide) groups is 1. The Bertz CT molecular complexity index is 325. The maximum absolute atomic E-state index is 11.6. The molecule has 1 aromatic carbocycles. The van der Waals surface area contributed by atoms with Crippen LogP contribution in [-0.2, 0) is 4.79 Å². The van der Waals surface area contributed by atoms with Crippen LogP contribution in [0.1, 0.15) is 6.92 Å². The zero-order valence-corrected chi connectivity index (χ0v) is 8.96. The highest BCUT2D eigenvalue weighted by molar-refractivity contribution is 8.00. The summed E-state index contributed by atoms with van der Waals surface area (Å²) in [6.45, 7) is 2.99.